The number of benzene rings is 2. The highest BCUT2D eigenvalue weighted by Gasteiger charge is 2.25. The molecule has 6 rings (SSSR count). The molecule has 2 aromatic carbocycles. The van der Waals surface area contributed by atoms with Crippen molar-refractivity contribution in [2.45, 2.75) is 12.8 Å². The van der Waals surface area contributed by atoms with E-state index in [1.54, 1.807) is 6.08 Å². The SMILES string of the molecule is O=C(/C(=C/c1ccc2c(c1)OCCO2)c1nc2scc(-c3ccccc3)c2c(=O)[nH]1)N1CCCC1. The Bertz CT molecular complexity index is 1500. The maximum Gasteiger partial charge on any atom is 0.260 e. The number of carbonyl (C=O) groups excluding carboxylic acids is 1. The Balaban J connectivity index is 1.47. The number of amides is 1. The first-order chi connectivity index (χ1) is 17.2. The number of aromatic amines is 1. The van der Waals surface area contributed by atoms with Gasteiger partial charge < -0.3 is 19.4 Å². The number of ether oxygens (including phenoxy) is 2. The second-order valence-electron chi connectivity index (χ2n) is 8.57. The van der Waals surface area contributed by atoms with Crippen molar-refractivity contribution in [3.05, 3.63) is 75.7 Å². The van der Waals surface area contributed by atoms with Crippen molar-refractivity contribution < 1.29 is 14.3 Å². The second-order valence-corrected chi connectivity index (χ2v) is 9.43. The van der Waals surface area contributed by atoms with Crippen LogP contribution in [0.15, 0.2) is 58.7 Å². The van der Waals surface area contributed by atoms with Gasteiger partial charge >= 0.3 is 0 Å². The minimum atomic E-state index is -0.257. The quantitative estimate of drug-likeness (QED) is 0.428. The average Bonchev–Trinajstić information content (AvgIpc) is 3.58. The molecule has 2 aliphatic heterocycles. The zero-order valence-corrected chi connectivity index (χ0v) is 19.8. The molecule has 0 aliphatic carbocycles. The van der Waals surface area contributed by atoms with Crippen molar-refractivity contribution in [2.24, 2.45) is 0 Å². The predicted octanol–water partition coefficient (Wildman–Crippen LogP) is 4.59. The summed E-state index contributed by atoms with van der Waals surface area (Å²) in [7, 11) is 0. The smallest absolute Gasteiger partial charge is 0.260 e. The molecule has 7 nitrogen and oxygen atoms in total. The number of hydrogen-bond donors (Lipinski definition) is 1. The van der Waals surface area contributed by atoms with Crippen LogP contribution in [0.3, 0.4) is 0 Å². The van der Waals surface area contributed by atoms with Crippen LogP contribution in [0.5, 0.6) is 11.5 Å². The monoisotopic (exact) mass is 485 g/mol. The molecule has 0 unspecified atom stereocenters. The van der Waals surface area contributed by atoms with Crippen molar-refractivity contribution in [1.29, 1.82) is 0 Å². The van der Waals surface area contributed by atoms with E-state index in [9.17, 15) is 9.59 Å². The Morgan fingerprint density at radius 3 is 2.60 bits per heavy atom. The Kier molecular flexibility index (Phi) is 5.58. The highest BCUT2D eigenvalue weighted by atomic mass is 32.1. The predicted molar refractivity (Wildman–Crippen MR) is 137 cm³/mol. The van der Waals surface area contributed by atoms with Gasteiger partial charge in [-0.15, -0.1) is 11.3 Å². The third-order valence-electron chi connectivity index (χ3n) is 6.28. The lowest BCUT2D eigenvalue weighted by atomic mass is 10.1. The van der Waals surface area contributed by atoms with E-state index in [4.69, 9.17) is 14.5 Å². The molecule has 0 bridgehead atoms. The van der Waals surface area contributed by atoms with Gasteiger partial charge in [0.25, 0.3) is 11.5 Å². The number of hydrogen-bond acceptors (Lipinski definition) is 6. The summed E-state index contributed by atoms with van der Waals surface area (Å²) in [5, 5.41) is 2.48. The summed E-state index contributed by atoms with van der Waals surface area (Å²) >= 11 is 1.40. The van der Waals surface area contributed by atoms with Crippen LogP contribution in [0.25, 0.3) is 33.0 Å². The summed E-state index contributed by atoms with van der Waals surface area (Å²) in [4.78, 5) is 36.9. The van der Waals surface area contributed by atoms with E-state index < -0.39 is 0 Å². The standard InChI is InChI=1S/C27H23N3O4S/c31-25-23-20(18-6-2-1-3-7-18)16-35-26(23)29-24(28-25)19(27(32)30-10-4-5-11-30)14-17-8-9-21-22(15-17)34-13-12-33-21/h1-3,6-9,14-16H,4-5,10-13H2,(H,28,29,31)/b19-14+. The van der Waals surface area contributed by atoms with Crippen molar-refractivity contribution in [3.63, 3.8) is 0 Å². The Hall–Kier alpha value is -3.91. The topological polar surface area (TPSA) is 84.5 Å². The van der Waals surface area contributed by atoms with Gasteiger partial charge in [0, 0.05) is 24.0 Å². The van der Waals surface area contributed by atoms with Gasteiger partial charge in [-0.1, -0.05) is 36.4 Å². The Morgan fingerprint density at radius 2 is 1.80 bits per heavy atom. The summed E-state index contributed by atoms with van der Waals surface area (Å²) in [5.74, 6) is 1.46. The number of H-pyrrole nitrogens is 1. The van der Waals surface area contributed by atoms with Crippen LogP contribution in [0.1, 0.15) is 24.2 Å². The molecule has 2 aromatic heterocycles. The molecule has 2 aliphatic rings. The van der Waals surface area contributed by atoms with Crippen LogP contribution in [0, 0.1) is 0 Å². The molecule has 0 saturated carbocycles. The number of nitrogens with zero attached hydrogens (tertiary/aromatic N) is 2. The average molecular weight is 486 g/mol. The fraction of sp³-hybridized carbons (Fsp3) is 0.222. The molecular weight excluding hydrogens is 462 g/mol. The molecule has 1 saturated heterocycles. The highest BCUT2D eigenvalue weighted by molar-refractivity contribution is 7.17. The number of likely N-dealkylation sites (tertiary alicyclic amines) is 1. The first-order valence-electron chi connectivity index (χ1n) is 11.7. The summed E-state index contributed by atoms with van der Waals surface area (Å²) < 4.78 is 11.3. The fourth-order valence-electron chi connectivity index (χ4n) is 4.55. The first kappa shape index (κ1) is 21.6. The summed E-state index contributed by atoms with van der Waals surface area (Å²) in [6.07, 6.45) is 3.71. The molecule has 0 spiro atoms. The number of aromatic nitrogens is 2. The number of carbonyl (C=O) groups is 1. The van der Waals surface area contributed by atoms with Gasteiger partial charge in [0.1, 0.15) is 23.9 Å². The largest absolute Gasteiger partial charge is 0.486 e. The van der Waals surface area contributed by atoms with E-state index in [2.05, 4.69) is 4.98 Å². The number of thiophene rings is 1. The highest BCUT2D eigenvalue weighted by Crippen LogP contribution is 2.34. The van der Waals surface area contributed by atoms with Crippen LogP contribution in [-0.4, -0.2) is 47.1 Å². The van der Waals surface area contributed by atoms with Gasteiger partial charge in [0.2, 0.25) is 0 Å². The number of fused-ring (bicyclic) bond motifs is 2. The van der Waals surface area contributed by atoms with Crippen LogP contribution >= 0.6 is 11.3 Å². The van der Waals surface area contributed by atoms with E-state index in [1.807, 2.05) is 58.8 Å². The van der Waals surface area contributed by atoms with Crippen LogP contribution in [-0.2, 0) is 4.79 Å². The molecular formula is C27H23N3O4S. The van der Waals surface area contributed by atoms with Gasteiger partial charge in [-0.3, -0.25) is 9.59 Å². The molecule has 35 heavy (non-hydrogen) atoms. The van der Waals surface area contributed by atoms with Gasteiger partial charge in [-0.2, -0.15) is 0 Å². The Labute approximate surface area is 205 Å². The normalized spacial score (nSPS) is 15.5. The molecule has 4 aromatic rings. The van der Waals surface area contributed by atoms with Gasteiger partial charge in [-0.25, -0.2) is 4.98 Å². The van der Waals surface area contributed by atoms with Gasteiger partial charge in [-0.05, 0) is 42.2 Å². The molecule has 0 radical (unpaired) electrons. The van der Waals surface area contributed by atoms with Gasteiger partial charge in [0.15, 0.2) is 11.5 Å². The minimum absolute atomic E-state index is 0.139. The molecule has 0 atom stereocenters. The van der Waals surface area contributed by atoms with Crippen LogP contribution in [0.4, 0.5) is 0 Å². The fourth-order valence-corrected chi connectivity index (χ4v) is 5.49. The maximum atomic E-state index is 13.6. The molecule has 4 heterocycles. The van der Waals surface area contributed by atoms with Crippen molar-refractivity contribution in [2.75, 3.05) is 26.3 Å². The van der Waals surface area contributed by atoms with Gasteiger partial charge in [0.05, 0.1) is 11.0 Å². The third kappa shape index (κ3) is 4.10. The van der Waals surface area contributed by atoms with E-state index in [-0.39, 0.29) is 17.3 Å². The third-order valence-corrected chi connectivity index (χ3v) is 7.16. The molecule has 176 valence electrons. The van der Waals surface area contributed by atoms with E-state index in [0.29, 0.717) is 53.6 Å². The van der Waals surface area contributed by atoms with Crippen LogP contribution < -0.4 is 15.0 Å². The zero-order valence-electron chi connectivity index (χ0n) is 19.0. The van der Waals surface area contributed by atoms with Crippen LogP contribution in [0.2, 0.25) is 0 Å². The lowest BCUT2D eigenvalue weighted by Crippen LogP contribution is -2.29. The molecule has 1 amide bonds. The molecule has 8 heteroatoms. The second kappa shape index (κ2) is 9.03. The first-order valence-corrected chi connectivity index (χ1v) is 12.5. The summed E-state index contributed by atoms with van der Waals surface area (Å²) in [6.45, 7) is 2.38. The number of nitrogens with one attached hydrogen (secondary N) is 1. The summed E-state index contributed by atoms with van der Waals surface area (Å²) in [5.41, 5.74) is 2.67. The molecule has 1 N–H and O–H groups in total. The lowest BCUT2D eigenvalue weighted by molar-refractivity contribution is -0.123. The maximum absolute atomic E-state index is 13.6. The lowest BCUT2D eigenvalue weighted by Gasteiger charge is -2.19. The summed E-state index contributed by atoms with van der Waals surface area (Å²) in [6, 6.07) is 15.3. The van der Waals surface area contributed by atoms with E-state index in [1.165, 1.54) is 11.3 Å². The van der Waals surface area contributed by atoms with Crippen molar-refractivity contribution in [3.8, 4) is 22.6 Å². The van der Waals surface area contributed by atoms with Crippen molar-refractivity contribution in [1.82, 2.24) is 14.9 Å². The van der Waals surface area contributed by atoms with E-state index >= 15 is 0 Å². The zero-order chi connectivity index (χ0) is 23.8. The van der Waals surface area contributed by atoms with Crippen molar-refractivity contribution >= 4 is 39.1 Å². The molecule has 1 fully saturated rings. The van der Waals surface area contributed by atoms with E-state index in [0.717, 1.165) is 29.5 Å². The number of rotatable bonds is 4. The Morgan fingerprint density at radius 1 is 1.03 bits per heavy atom. The minimum Gasteiger partial charge on any atom is -0.486 e.